The van der Waals surface area contributed by atoms with Crippen molar-refractivity contribution >= 4 is 27.3 Å². The quantitative estimate of drug-likeness (QED) is 0.340. The molecule has 2 aromatic rings. The zero-order chi connectivity index (χ0) is 18.8. The van der Waals surface area contributed by atoms with Crippen LogP contribution in [0.1, 0.15) is 11.1 Å². The maximum atomic E-state index is 12.3. The van der Waals surface area contributed by atoms with Crippen molar-refractivity contribution in [2.75, 3.05) is 27.3 Å². The second kappa shape index (κ2) is 10.3. The number of ether oxygens (including phenoxy) is 1. The number of nitrogens with one attached hydrogen (secondary N) is 3. The smallest absolute Gasteiger partial charge is 0.240 e. The van der Waals surface area contributed by atoms with Crippen LogP contribution in [0.2, 0.25) is 0 Å². The van der Waals surface area contributed by atoms with Crippen molar-refractivity contribution in [3.05, 3.63) is 52.2 Å². The van der Waals surface area contributed by atoms with Gasteiger partial charge < -0.3 is 15.4 Å². The largest absolute Gasteiger partial charge is 0.383 e. The summed E-state index contributed by atoms with van der Waals surface area (Å²) in [6, 6.07) is 8.86. The minimum absolute atomic E-state index is 0.231. The van der Waals surface area contributed by atoms with E-state index in [0.29, 0.717) is 25.7 Å². The topological polar surface area (TPSA) is 91.8 Å². The lowest BCUT2D eigenvalue weighted by Gasteiger charge is -2.12. The number of sulfonamides is 1. The number of rotatable bonds is 9. The van der Waals surface area contributed by atoms with Crippen LogP contribution < -0.4 is 15.4 Å². The summed E-state index contributed by atoms with van der Waals surface area (Å²) in [6.07, 6.45) is 0. The molecule has 0 fully saturated rings. The Morgan fingerprint density at radius 2 is 1.96 bits per heavy atom. The van der Waals surface area contributed by atoms with E-state index in [1.54, 1.807) is 36.6 Å². The molecule has 2 rings (SSSR count). The van der Waals surface area contributed by atoms with E-state index in [0.717, 1.165) is 5.56 Å². The van der Waals surface area contributed by atoms with Gasteiger partial charge in [0.25, 0.3) is 0 Å². The van der Waals surface area contributed by atoms with E-state index in [4.69, 9.17) is 4.74 Å². The third-order valence-corrected chi connectivity index (χ3v) is 5.72. The Morgan fingerprint density at radius 1 is 1.19 bits per heavy atom. The van der Waals surface area contributed by atoms with Crippen LogP contribution in [0.3, 0.4) is 0 Å². The number of hydrogen-bond acceptors (Lipinski definition) is 5. The van der Waals surface area contributed by atoms with Gasteiger partial charge in [0.05, 0.1) is 11.5 Å². The Bertz CT molecular complexity index is 805. The summed E-state index contributed by atoms with van der Waals surface area (Å²) in [4.78, 5) is 4.41. The first-order chi connectivity index (χ1) is 12.5. The summed E-state index contributed by atoms with van der Waals surface area (Å²) in [5.41, 5.74) is 2.03. The molecule has 0 aliphatic heterocycles. The first-order valence-corrected chi connectivity index (χ1v) is 10.5. The molecular weight excluding hydrogens is 372 g/mol. The van der Waals surface area contributed by atoms with Gasteiger partial charge in [-0.05, 0) is 40.1 Å². The fraction of sp³-hybridized carbons (Fsp3) is 0.353. The van der Waals surface area contributed by atoms with Crippen molar-refractivity contribution in [1.82, 2.24) is 15.4 Å². The number of hydrogen-bond donors (Lipinski definition) is 3. The Hall–Kier alpha value is -1.94. The molecule has 0 aliphatic rings. The molecule has 1 heterocycles. The van der Waals surface area contributed by atoms with Crippen LogP contribution in [0.15, 0.2) is 51.0 Å². The Labute approximate surface area is 158 Å². The highest BCUT2D eigenvalue weighted by molar-refractivity contribution is 7.89. The number of guanidine groups is 1. The highest BCUT2D eigenvalue weighted by Gasteiger charge is 2.13. The van der Waals surface area contributed by atoms with E-state index < -0.39 is 10.0 Å². The summed E-state index contributed by atoms with van der Waals surface area (Å²) in [7, 11) is -0.316. The van der Waals surface area contributed by atoms with Gasteiger partial charge in [0.15, 0.2) is 5.96 Å². The van der Waals surface area contributed by atoms with Gasteiger partial charge in [-0.25, -0.2) is 13.1 Å². The van der Waals surface area contributed by atoms with Gasteiger partial charge in [0.2, 0.25) is 10.0 Å². The van der Waals surface area contributed by atoms with Crippen molar-refractivity contribution in [3.8, 4) is 0 Å². The van der Waals surface area contributed by atoms with Crippen LogP contribution in [-0.4, -0.2) is 41.7 Å². The third kappa shape index (κ3) is 6.41. The third-order valence-electron chi connectivity index (χ3n) is 3.53. The number of benzene rings is 1. The van der Waals surface area contributed by atoms with Crippen molar-refractivity contribution in [1.29, 1.82) is 0 Å². The Kier molecular flexibility index (Phi) is 8.05. The summed E-state index contributed by atoms with van der Waals surface area (Å²) < 4.78 is 31.9. The molecule has 26 heavy (non-hydrogen) atoms. The van der Waals surface area contributed by atoms with Crippen LogP contribution in [0.5, 0.6) is 0 Å². The fourth-order valence-corrected chi connectivity index (χ4v) is 3.92. The summed E-state index contributed by atoms with van der Waals surface area (Å²) in [5.74, 6) is 0.655. The molecule has 0 spiro atoms. The monoisotopic (exact) mass is 396 g/mol. The highest BCUT2D eigenvalue weighted by atomic mass is 32.2. The fourth-order valence-electron chi connectivity index (χ4n) is 2.17. The standard InChI is InChI=1S/C17H24N4O3S2/c1-18-17(20-12-15-6-9-25-13-15)19-11-14-4-3-5-16(10-14)26(22,23)21-7-8-24-2/h3-6,9-10,13,21H,7-8,11-12H2,1-2H3,(H2,18,19,20). The molecular formula is C17H24N4O3S2. The zero-order valence-electron chi connectivity index (χ0n) is 14.9. The molecule has 0 bridgehead atoms. The van der Waals surface area contributed by atoms with Crippen molar-refractivity contribution in [3.63, 3.8) is 0 Å². The van der Waals surface area contributed by atoms with Gasteiger partial charge in [0, 0.05) is 33.8 Å². The summed E-state index contributed by atoms with van der Waals surface area (Å²) >= 11 is 1.65. The lowest BCUT2D eigenvalue weighted by molar-refractivity contribution is 0.204. The normalized spacial score (nSPS) is 12.2. The van der Waals surface area contributed by atoms with Gasteiger partial charge in [0.1, 0.15) is 0 Å². The second-order valence-electron chi connectivity index (χ2n) is 5.45. The molecule has 9 heteroatoms. The minimum Gasteiger partial charge on any atom is -0.383 e. The van der Waals surface area contributed by atoms with Crippen LogP contribution in [0, 0.1) is 0 Å². The maximum Gasteiger partial charge on any atom is 0.240 e. The molecule has 142 valence electrons. The first-order valence-electron chi connectivity index (χ1n) is 8.08. The van der Waals surface area contributed by atoms with Crippen LogP contribution in [0.25, 0.3) is 0 Å². The molecule has 0 saturated carbocycles. The van der Waals surface area contributed by atoms with E-state index in [9.17, 15) is 8.42 Å². The first kappa shape index (κ1) is 20.4. The Balaban J connectivity index is 1.92. The average Bonchev–Trinajstić information content (AvgIpc) is 3.16. The number of aliphatic imine (C=N–C) groups is 1. The van der Waals surface area contributed by atoms with Crippen LogP contribution in [0.4, 0.5) is 0 Å². The molecule has 0 saturated heterocycles. The molecule has 0 unspecified atom stereocenters. The van der Waals surface area contributed by atoms with Gasteiger partial charge in [-0.2, -0.15) is 11.3 Å². The lowest BCUT2D eigenvalue weighted by Crippen LogP contribution is -2.36. The van der Waals surface area contributed by atoms with E-state index in [2.05, 4.69) is 31.8 Å². The molecule has 7 nitrogen and oxygen atoms in total. The van der Waals surface area contributed by atoms with Crippen LogP contribution in [-0.2, 0) is 27.8 Å². The number of thiophene rings is 1. The van der Waals surface area contributed by atoms with E-state index >= 15 is 0 Å². The summed E-state index contributed by atoms with van der Waals surface area (Å²) in [5, 5.41) is 10.5. The van der Waals surface area contributed by atoms with Gasteiger partial charge >= 0.3 is 0 Å². The highest BCUT2D eigenvalue weighted by Crippen LogP contribution is 2.11. The zero-order valence-corrected chi connectivity index (χ0v) is 16.5. The van der Waals surface area contributed by atoms with Crippen molar-refractivity contribution in [2.45, 2.75) is 18.0 Å². The van der Waals surface area contributed by atoms with Gasteiger partial charge in [-0.1, -0.05) is 12.1 Å². The molecule has 1 aromatic carbocycles. The maximum absolute atomic E-state index is 12.3. The number of methoxy groups -OCH3 is 1. The van der Waals surface area contributed by atoms with Crippen LogP contribution >= 0.6 is 11.3 Å². The van der Waals surface area contributed by atoms with Crippen molar-refractivity contribution in [2.24, 2.45) is 4.99 Å². The van der Waals surface area contributed by atoms with E-state index in [1.165, 1.54) is 12.7 Å². The predicted octanol–water partition coefficient (Wildman–Crippen LogP) is 1.54. The molecule has 0 radical (unpaired) electrons. The molecule has 3 N–H and O–H groups in total. The summed E-state index contributed by atoms with van der Waals surface area (Å²) in [6.45, 7) is 1.71. The molecule has 0 atom stereocenters. The van der Waals surface area contributed by atoms with E-state index in [1.807, 2.05) is 11.4 Å². The van der Waals surface area contributed by atoms with Crippen molar-refractivity contribution < 1.29 is 13.2 Å². The Morgan fingerprint density at radius 3 is 2.62 bits per heavy atom. The molecule has 0 aliphatic carbocycles. The lowest BCUT2D eigenvalue weighted by atomic mass is 10.2. The average molecular weight is 397 g/mol. The molecule has 1 aromatic heterocycles. The second-order valence-corrected chi connectivity index (χ2v) is 8.00. The predicted molar refractivity (Wildman–Crippen MR) is 105 cm³/mol. The van der Waals surface area contributed by atoms with Gasteiger partial charge in [-0.15, -0.1) is 0 Å². The number of nitrogens with zero attached hydrogens (tertiary/aromatic N) is 1. The van der Waals surface area contributed by atoms with Gasteiger partial charge in [-0.3, -0.25) is 4.99 Å². The molecule has 0 amide bonds. The minimum atomic E-state index is -3.54. The van der Waals surface area contributed by atoms with E-state index in [-0.39, 0.29) is 11.4 Å². The SMILES string of the molecule is CN=C(NCc1ccsc1)NCc1cccc(S(=O)(=O)NCCOC)c1.